The lowest BCUT2D eigenvalue weighted by Crippen LogP contribution is -1.99. The molecule has 14 heavy (non-hydrogen) atoms. The van der Waals surface area contributed by atoms with Crippen molar-refractivity contribution in [2.24, 2.45) is 0 Å². The van der Waals surface area contributed by atoms with Gasteiger partial charge in [0.25, 0.3) is 0 Å². The Labute approximate surface area is 133 Å². The van der Waals surface area contributed by atoms with E-state index < -0.39 is 0 Å². The van der Waals surface area contributed by atoms with Crippen LogP contribution in [0.1, 0.15) is 14.9 Å². The Morgan fingerprint density at radius 1 is 1.07 bits per heavy atom. The Hall–Kier alpha value is 2.10. The Morgan fingerprint density at radius 3 is 2.00 bits per heavy atom. The van der Waals surface area contributed by atoms with Crippen LogP contribution in [0.2, 0.25) is 0 Å². The molecule has 0 radical (unpaired) electrons. The van der Waals surface area contributed by atoms with Gasteiger partial charge in [-0.3, -0.25) is 0 Å². The van der Waals surface area contributed by atoms with E-state index in [-0.39, 0.29) is 5.88 Å². The predicted molar refractivity (Wildman–Crippen MR) is 83.2 cm³/mol. The van der Waals surface area contributed by atoms with Crippen LogP contribution in [0.4, 0.5) is 0 Å². The molecule has 0 fully saturated rings. The molecule has 0 saturated carbocycles. The third-order valence-electron chi connectivity index (χ3n) is 1.55. The van der Waals surface area contributed by atoms with E-state index in [2.05, 4.69) is 102 Å². The molecule has 1 aromatic carbocycles. The average molecular weight is 580 g/mol. The monoisotopic (exact) mass is 574 g/mol. The second kappa shape index (κ2) is 5.63. The smallest absolute Gasteiger partial charge is 0.0712 e. The highest BCUT2D eigenvalue weighted by Gasteiger charge is 2.23. The van der Waals surface area contributed by atoms with Crippen molar-refractivity contribution in [3.8, 4) is 0 Å². The molecule has 0 nitrogen and oxygen atoms in total. The lowest BCUT2D eigenvalue weighted by Gasteiger charge is -2.15. The van der Waals surface area contributed by atoms with Crippen LogP contribution < -0.4 is 0 Å². The Kier molecular flexibility index (Phi) is 5.69. The molecule has 0 aliphatic carbocycles. The molecule has 0 atom stereocenters. The molecular weight excluding hydrogens is 576 g/mol. The van der Waals surface area contributed by atoms with Gasteiger partial charge in [0.15, 0.2) is 2.14 Å². The molecule has 0 unspecified atom stereocenters. The van der Waals surface area contributed by atoms with Gasteiger partial charge in [-0.1, -0.05) is 108 Å². The summed E-state index contributed by atoms with van der Waals surface area (Å²) in [7, 11) is 0. The fourth-order valence-corrected chi connectivity index (χ4v) is 4.00. The van der Waals surface area contributed by atoms with Gasteiger partial charge in [-0.25, -0.2) is 0 Å². The normalized spacial score (nSPS) is 12.2. The molecule has 0 N–H and O–H groups in total. The summed E-state index contributed by atoms with van der Waals surface area (Å²) in [4.78, 5) is 0. The van der Waals surface area contributed by atoms with E-state index in [0.29, 0.717) is 0 Å². The first-order valence-electron chi connectivity index (χ1n) is 3.47. The number of benzene rings is 1. The van der Waals surface area contributed by atoms with Gasteiger partial charge in [0.1, 0.15) is 0 Å². The first-order valence-corrected chi connectivity index (χ1v) is 8.47. The zero-order valence-electron chi connectivity index (χ0n) is 6.58. The minimum atomic E-state index is -0.377. The van der Waals surface area contributed by atoms with Crippen molar-refractivity contribution in [2.45, 2.75) is 5.88 Å². The Morgan fingerprint density at radius 2 is 1.64 bits per heavy atom. The van der Waals surface area contributed by atoms with Crippen LogP contribution >= 0.6 is 95.6 Å². The van der Waals surface area contributed by atoms with Gasteiger partial charge in [-0.2, -0.15) is 0 Å². The van der Waals surface area contributed by atoms with Gasteiger partial charge in [0.05, 0.1) is 3.74 Å². The summed E-state index contributed by atoms with van der Waals surface area (Å²) < 4.78 is 0.832. The molecule has 0 aromatic heterocycles. The fourth-order valence-electron chi connectivity index (χ4n) is 0.897. The number of alkyl halides is 5. The lowest BCUT2D eigenvalue weighted by atomic mass is 10.2. The van der Waals surface area contributed by atoms with Crippen molar-refractivity contribution in [2.75, 3.05) is 0 Å². The molecule has 0 saturated heterocycles. The summed E-state index contributed by atoms with van der Waals surface area (Å²) in [5.74, 6) is 0. The second-order valence-corrected chi connectivity index (χ2v) is 13.2. The molecule has 0 bridgehead atoms. The predicted octanol–water partition coefficient (Wildman–Crippen LogP) is 6.53. The van der Waals surface area contributed by atoms with E-state index >= 15 is 0 Å². The van der Waals surface area contributed by atoms with E-state index in [1.165, 1.54) is 0 Å². The third-order valence-corrected chi connectivity index (χ3v) is 4.55. The van der Waals surface area contributed by atoms with Crippen molar-refractivity contribution in [1.29, 1.82) is 0 Å². The summed E-state index contributed by atoms with van der Waals surface area (Å²) in [5.41, 5.74) is 2.25. The number of hydrogen-bond donors (Lipinski definition) is 0. The zero-order chi connectivity index (χ0) is 10.9. The first-order chi connectivity index (χ1) is 6.32. The van der Waals surface area contributed by atoms with Crippen molar-refractivity contribution in [1.82, 2.24) is 0 Å². The Balaban J connectivity index is 3.15. The molecule has 1 aromatic rings. The van der Waals surface area contributed by atoms with Crippen LogP contribution in [0.15, 0.2) is 22.7 Å². The topological polar surface area (TPSA) is 0 Å². The zero-order valence-corrected chi connectivity index (χ0v) is 16.1. The van der Waals surface area contributed by atoms with E-state index in [1.54, 1.807) is 0 Å². The first kappa shape index (κ1) is 14.2. The molecule has 0 aliphatic heterocycles. The molecule has 0 amide bonds. The van der Waals surface area contributed by atoms with Crippen molar-refractivity contribution >= 4 is 95.6 Å². The van der Waals surface area contributed by atoms with E-state index in [9.17, 15) is 0 Å². The molecule has 0 spiro atoms. The molecule has 0 heterocycles. The van der Waals surface area contributed by atoms with Crippen LogP contribution in [0.3, 0.4) is 0 Å². The summed E-state index contributed by atoms with van der Waals surface area (Å²) in [6, 6.07) is 6.14. The van der Waals surface area contributed by atoms with E-state index in [4.69, 9.17) is 0 Å². The van der Waals surface area contributed by atoms with Crippen molar-refractivity contribution in [3.05, 3.63) is 33.8 Å². The Bertz CT molecular complexity index is 327. The van der Waals surface area contributed by atoms with Gasteiger partial charge >= 0.3 is 0 Å². The molecule has 1 rings (SSSR count). The van der Waals surface area contributed by atoms with E-state index in [1.807, 2.05) is 12.1 Å². The maximum atomic E-state index is 3.52. The number of halogens is 6. The maximum Gasteiger partial charge on any atom is 0.160 e. The second-order valence-electron chi connectivity index (χ2n) is 2.54. The van der Waals surface area contributed by atoms with Gasteiger partial charge in [0.2, 0.25) is 0 Å². The summed E-state index contributed by atoms with van der Waals surface area (Å²) in [6.07, 6.45) is 0. The summed E-state index contributed by atoms with van der Waals surface area (Å²) in [6.45, 7) is 0. The van der Waals surface area contributed by atoms with Crippen LogP contribution in [-0.2, 0) is 2.14 Å². The highest BCUT2D eigenvalue weighted by Crippen LogP contribution is 2.47. The van der Waals surface area contributed by atoms with Gasteiger partial charge in [0, 0.05) is 10.0 Å². The van der Waals surface area contributed by atoms with Crippen LogP contribution in [-0.4, -0.2) is 0 Å². The SMILES string of the molecule is Brc1cc(C(Br)Br)ccc1C(Br)(Br)Br. The van der Waals surface area contributed by atoms with Gasteiger partial charge < -0.3 is 0 Å². The van der Waals surface area contributed by atoms with Gasteiger partial charge in [-0.15, -0.1) is 0 Å². The number of hydrogen-bond acceptors (Lipinski definition) is 0. The molecular formula is C8H4Br6. The summed E-state index contributed by atoms with van der Waals surface area (Å²) in [5, 5.41) is 0. The fraction of sp³-hybridized carbons (Fsp3) is 0.250. The number of rotatable bonds is 1. The molecule has 78 valence electrons. The highest BCUT2D eigenvalue weighted by atomic mass is 80.0. The minimum absolute atomic E-state index is 0.177. The minimum Gasteiger partial charge on any atom is -0.0712 e. The molecule has 0 aliphatic rings. The quantitative estimate of drug-likeness (QED) is 0.332. The molecule has 6 heteroatoms. The maximum absolute atomic E-state index is 3.52. The van der Waals surface area contributed by atoms with E-state index in [0.717, 1.165) is 15.6 Å². The van der Waals surface area contributed by atoms with Crippen molar-refractivity contribution in [3.63, 3.8) is 0 Å². The van der Waals surface area contributed by atoms with Crippen LogP contribution in [0.25, 0.3) is 0 Å². The summed E-state index contributed by atoms with van der Waals surface area (Å²) >= 11 is 20.9. The third kappa shape index (κ3) is 3.84. The van der Waals surface area contributed by atoms with Crippen molar-refractivity contribution < 1.29 is 0 Å². The van der Waals surface area contributed by atoms with Crippen LogP contribution in [0.5, 0.6) is 0 Å². The van der Waals surface area contributed by atoms with Crippen LogP contribution in [0, 0.1) is 0 Å². The van der Waals surface area contributed by atoms with Gasteiger partial charge in [-0.05, 0) is 11.6 Å². The lowest BCUT2D eigenvalue weighted by molar-refractivity contribution is 1.29. The standard InChI is InChI=1S/C8H4Br6/c9-6-3-4(7(10)11)1-2-5(6)8(12,13)14/h1-3,7H. The largest absolute Gasteiger partial charge is 0.160 e. The average Bonchev–Trinajstić information content (AvgIpc) is 2.01. The highest BCUT2D eigenvalue weighted by molar-refractivity contribution is 9.38.